The summed E-state index contributed by atoms with van der Waals surface area (Å²) in [7, 11) is -4.33. The number of rotatable bonds is 21. The van der Waals surface area contributed by atoms with E-state index in [1.54, 1.807) is 83.3 Å². The lowest BCUT2D eigenvalue weighted by Gasteiger charge is -2.23. The minimum Gasteiger partial charge on any atom is -0.748 e. The van der Waals surface area contributed by atoms with Crippen LogP contribution in [0.5, 0.6) is 0 Å². The average molecular weight is 951 g/mol. The molecule has 4 aromatic carbocycles. The highest BCUT2D eigenvalue weighted by Gasteiger charge is 2.10. The molecule has 6 aromatic rings. The van der Waals surface area contributed by atoms with Gasteiger partial charge in [0.2, 0.25) is 0 Å². The molecule has 6 rings (SSSR count). The third-order valence-electron chi connectivity index (χ3n) is 8.97. The normalized spacial score (nSPS) is 11.5. The maximum absolute atomic E-state index is 10.2. The molecule has 0 fully saturated rings. The van der Waals surface area contributed by atoms with Crippen molar-refractivity contribution in [1.29, 1.82) is 0 Å². The van der Waals surface area contributed by atoms with Gasteiger partial charge in [-0.3, -0.25) is 0 Å². The van der Waals surface area contributed by atoms with Crippen molar-refractivity contribution < 1.29 is 44.5 Å². The monoisotopic (exact) mass is 950 g/mol. The van der Waals surface area contributed by atoms with E-state index in [1.165, 1.54) is 0 Å². The zero-order chi connectivity index (χ0) is 46.2. The molecule has 0 amide bonds. The zero-order valence-corrected chi connectivity index (χ0v) is 39.5. The summed E-state index contributed by atoms with van der Waals surface area (Å²) in [6, 6.07) is 33.0. The first-order valence-corrected chi connectivity index (χ1v) is 25.1. The molecule has 0 unspecified atom stereocenters. The Morgan fingerprint density at radius 3 is 1.19 bits per heavy atom. The molecule has 20 heteroatoms. The lowest BCUT2D eigenvalue weighted by atomic mass is 10.2. The Balaban J connectivity index is 0.000000330. The van der Waals surface area contributed by atoms with Gasteiger partial charge in [0.15, 0.2) is 0 Å². The fourth-order valence-electron chi connectivity index (χ4n) is 5.68. The molecule has 0 saturated heterocycles. The molecule has 0 spiro atoms. The van der Waals surface area contributed by atoms with E-state index in [0.29, 0.717) is 37.6 Å². The second-order valence-corrected chi connectivity index (χ2v) is 18.3. The summed E-state index contributed by atoms with van der Waals surface area (Å²) in [4.78, 5) is 4.57. The Morgan fingerprint density at radius 1 is 0.531 bits per heavy atom. The highest BCUT2D eigenvalue weighted by atomic mass is 32.2. The summed E-state index contributed by atoms with van der Waals surface area (Å²) >= 11 is 3.13. The number of aromatic nitrogens is 2. The van der Waals surface area contributed by atoms with Crippen molar-refractivity contribution in [2.75, 3.05) is 62.4 Å². The van der Waals surface area contributed by atoms with Gasteiger partial charge in [-0.2, -0.15) is 0 Å². The summed E-state index contributed by atoms with van der Waals surface area (Å²) in [5.74, 6) is -0.846. The fourth-order valence-corrected chi connectivity index (χ4v) is 8.24. The van der Waals surface area contributed by atoms with Crippen molar-refractivity contribution >= 4 is 75.9 Å². The van der Waals surface area contributed by atoms with Crippen molar-refractivity contribution in [3.63, 3.8) is 0 Å². The average Bonchev–Trinajstić information content (AvgIpc) is 3.89. The Labute approximate surface area is 384 Å². The second kappa shape index (κ2) is 27.1. The molecule has 0 saturated carbocycles. The largest absolute Gasteiger partial charge is 0.748 e. The molecule has 0 N–H and O–H groups in total. The van der Waals surface area contributed by atoms with Gasteiger partial charge >= 0.3 is 10.3 Å². The van der Waals surface area contributed by atoms with Crippen LogP contribution < -0.4 is 18.9 Å². The lowest BCUT2D eigenvalue weighted by Crippen LogP contribution is -2.28. The van der Waals surface area contributed by atoms with Gasteiger partial charge in [0, 0.05) is 48.3 Å². The van der Waals surface area contributed by atoms with Gasteiger partial charge in [0.05, 0.1) is 82.5 Å². The number of azo groups is 2. The number of aryl methyl sites for hydroxylation is 2. The van der Waals surface area contributed by atoms with E-state index in [2.05, 4.69) is 68.4 Å². The Hall–Kier alpha value is -5.32. The molecule has 2 heterocycles. The van der Waals surface area contributed by atoms with Crippen molar-refractivity contribution in [3.05, 3.63) is 143 Å². The van der Waals surface area contributed by atoms with Gasteiger partial charge in [-0.25, -0.2) is 26.0 Å². The van der Waals surface area contributed by atoms with Crippen molar-refractivity contribution in [2.45, 2.75) is 25.4 Å². The van der Waals surface area contributed by atoms with Gasteiger partial charge < -0.3 is 28.4 Å². The van der Waals surface area contributed by atoms with Crippen molar-refractivity contribution in [3.8, 4) is 0 Å². The number of hydrogen-bond acceptors (Lipinski definition) is 16. The summed E-state index contributed by atoms with van der Waals surface area (Å²) < 4.78 is 77.1. The molecule has 16 nitrogen and oxygen atoms in total. The van der Waals surface area contributed by atoms with Crippen LogP contribution in [0.1, 0.15) is 25.0 Å². The molecule has 0 atom stereocenters. The fraction of sp³-hybridized carbons (Fsp3) is 0.318. The molecular weight excluding hydrogens is 897 g/mol. The van der Waals surface area contributed by atoms with Crippen molar-refractivity contribution in [2.24, 2.45) is 34.6 Å². The van der Waals surface area contributed by atoms with Crippen LogP contribution in [0.15, 0.2) is 153 Å². The standard InChI is InChI=1S/C30H40N8O2S2.2C7H8O3S/c1-5-37(27-11-7-25(8-12-27)31-33-29-35(3)17-23-41-29)15-19-39-21-22-40-20-16-38(6-2)28-13-9-26(10-14-28)32-34-30-36(4)18-24-42-30;2*8-11(9,10)6-7-4-2-1-3-5-7/h7-14,17-18,23-24H,5-6,15-16,19-22H2,1-4H3;2*1-5H,6H2,(H,8,9,10)/q+2;;/p-2. The summed E-state index contributed by atoms with van der Waals surface area (Å²) in [5, 5.41) is 23.1. The van der Waals surface area contributed by atoms with E-state index >= 15 is 0 Å². The maximum atomic E-state index is 10.2. The van der Waals surface area contributed by atoms with Crippen LogP contribution in [0.4, 0.5) is 33.0 Å². The maximum Gasteiger partial charge on any atom is 0.408 e. The number of likely N-dealkylation sites (N-methyl/N-ethyl adjacent to an activating group) is 2. The van der Waals surface area contributed by atoms with E-state index in [-0.39, 0.29) is 0 Å². The van der Waals surface area contributed by atoms with Crippen molar-refractivity contribution in [1.82, 2.24) is 0 Å². The predicted octanol–water partition coefficient (Wildman–Crippen LogP) is 8.14. The van der Waals surface area contributed by atoms with Crippen LogP contribution in [0.25, 0.3) is 0 Å². The number of thiazole rings is 2. The minimum absolute atomic E-state index is 0.423. The first-order valence-electron chi connectivity index (χ1n) is 20.2. The zero-order valence-electron chi connectivity index (χ0n) is 36.2. The van der Waals surface area contributed by atoms with Gasteiger partial charge in [0.25, 0.3) is 0 Å². The Kier molecular flexibility index (Phi) is 21.7. The Bertz CT molecular complexity index is 2350. The summed E-state index contributed by atoms with van der Waals surface area (Å²) in [6.45, 7) is 10.2. The number of nitrogens with zero attached hydrogens (tertiary/aromatic N) is 8. The Morgan fingerprint density at radius 2 is 0.891 bits per heavy atom. The molecular formula is C44H54N8O8S4. The van der Waals surface area contributed by atoms with Crippen LogP contribution in [0.2, 0.25) is 0 Å². The van der Waals surface area contributed by atoms with Gasteiger partial charge in [-0.1, -0.05) is 60.7 Å². The molecule has 2 aromatic heterocycles. The number of ether oxygens (including phenoxy) is 2. The van der Waals surface area contributed by atoms with E-state index in [0.717, 1.165) is 59.2 Å². The summed E-state index contributed by atoms with van der Waals surface area (Å²) in [5.41, 5.74) is 5.02. The molecule has 0 aliphatic carbocycles. The highest BCUT2D eigenvalue weighted by molar-refractivity contribution is 7.85. The number of hydrogen-bond donors (Lipinski definition) is 0. The highest BCUT2D eigenvalue weighted by Crippen LogP contribution is 2.24. The quantitative estimate of drug-likeness (QED) is 0.0294. The summed E-state index contributed by atoms with van der Waals surface area (Å²) in [6.07, 6.45) is 3.94. The van der Waals surface area contributed by atoms with E-state index in [1.807, 2.05) is 70.6 Å². The number of benzene rings is 4. The topological polar surface area (TPSA) is 197 Å². The van der Waals surface area contributed by atoms with E-state index < -0.39 is 31.7 Å². The van der Waals surface area contributed by atoms with E-state index in [9.17, 15) is 25.9 Å². The SMILES string of the molecule is CCN(CCOCCOCCN(CC)c1ccc(N=Nc2scc[n+]2C)cc1)c1ccc(N=Nc2scc[n+]2C)cc1.O=S(=O)([O-])Cc1ccccc1.O=S(=O)([O-])Cc1ccccc1. The first kappa shape index (κ1) is 51.3. The van der Waals surface area contributed by atoms with Crippen LogP contribution in [0, 0.1) is 0 Å². The molecule has 0 bridgehead atoms. The molecule has 64 heavy (non-hydrogen) atoms. The van der Waals surface area contributed by atoms with Crippen LogP contribution in [-0.4, -0.2) is 78.5 Å². The van der Waals surface area contributed by atoms with E-state index in [4.69, 9.17) is 9.47 Å². The molecule has 0 aliphatic rings. The van der Waals surface area contributed by atoms with Crippen LogP contribution in [0.3, 0.4) is 0 Å². The minimum atomic E-state index is -4.13. The smallest absolute Gasteiger partial charge is 0.408 e. The van der Waals surface area contributed by atoms with Crippen LogP contribution >= 0.6 is 22.7 Å². The van der Waals surface area contributed by atoms with Crippen LogP contribution in [-0.2, 0) is 55.3 Å². The first-order chi connectivity index (χ1) is 30.7. The second-order valence-electron chi connectivity index (χ2n) is 13.8. The van der Waals surface area contributed by atoms with Gasteiger partial charge in [-0.05, 0) is 106 Å². The predicted molar refractivity (Wildman–Crippen MR) is 249 cm³/mol. The third kappa shape index (κ3) is 20.0. The third-order valence-corrected chi connectivity index (χ3v) is 12.0. The molecule has 342 valence electrons. The molecule has 0 aliphatic heterocycles. The lowest BCUT2D eigenvalue weighted by molar-refractivity contribution is -0.654. The van der Waals surface area contributed by atoms with Gasteiger partial charge in [-0.15, -0.1) is 0 Å². The van der Waals surface area contributed by atoms with Gasteiger partial charge in [0.1, 0.15) is 23.8 Å². The molecule has 0 radical (unpaired) electrons. The number of anilines is 2.